The van der Waals surface area contributed by atoms with Crippen LogP contribution in [0.5, 0.6) is 0 Å². The third-order valence-corrected chi connectivity index (χ3v) is 9.59. The minimum absolute atomic E-state index is 0.608. The first-order valence-corrected chi connectivity index (χ1v) is 17.7. The summed E-state index contributed by atoms with van der Waals surface area (Å²) in [5.74, 6) is 0. The highest BCUT2D eigenvalue weighted by Crippen LogP contribution is 2.59. The van der Waals surface area contributed by atoms with Gasteiger partial charge in [-0.3, -0.25) is 0 Å². The number of halogens is 36. The van der Waals surface area contributed by atoms with Crippen LogP contribution in [-0.2, 0) is 28.4 Å². The third kappa shape index (κ3) is 12.9. The summed E-state index contributed by atoms with van der Waals surface area (Å²) in [4.78, 5) is 0. The largest absolute Gasteiger partial charge is 0.435 e. The molecule has 0 aliphatic heterocycles. The van der Waals surface area contributed by atoms with Crippen molar-refractivity contribution in [1.82, 2.24) is 0 Å². The lowest BCUT2D eigenvalue weighted by molar-refractivity contribution is -0.467. The lowest BCUT2D eigenvalue weighted by Gasteiger charge is -2.44. The Morgan fingerprint density at radius 3 is 0.556 bits per heavy atom. The van der Waals surface area contributed by atoms with Gasteiger partial charge < -0.3 is 28.4 Å². The number of rotatable bonds is 16. The zero-order valence-electron chi connectivity index (χ0n) is 33.8. The SMILES string of the molecule is CC1(C)CC(OC(COC(C(F)(F)F)(C(F)(F)F)C(F)(F)F)COC(C(F)(F)F)(C(F)(F)F)C(F)(F)F)CC(OC(COC(C(F)(F)F)(C(F)(F)F)C(F)(F)F)COC(C(F)(F)F)(C(F)(F)F)C(F)(F)F)C1. The maximum absolute atomic E-state index is 13.6. The second-order valence-corrected chi connectivity index (χ2v) is 15.5. The molecule has 1 fully saturated rings. The molecule has 0 spiro atoms. The van der Waals surface area contributed by atoms with Crippen LogP contribution < -0.4 is 0 Å². The van der Waals surface area contributed by atoms with Crippen molar-refractivity contribution in [2.75, 3.05) is 26.4 Å². The average Bonchev–Trinajstić information content (AvgIpc) is 3.00. The number of hydrogen-bond acceptors (Lipinski definition) is 6. The van der Waals surface area contributed by atoms with Crippen LogP contribution in [0.25, 0.3) is 0 Å². The van der Waals surface area contributed by atoms with Crippen LogP contribution in [0.3, 0.4) is 0 Å². The summed E-state index contributed by atoms with van der Waals surface area (Å²) in [6.07, 6.45) is -113. The van der Waals surface area contributed by atoms with E-state index in [1.165, 1.54) is 0 Å². The zero-order valence-corrected chi connectivity index (χ0v) is 33.8. The van der Waals surface area contributed by atoms with Crippen LogP contribution in [0.2, 0.25) is 0 Å². The maximum Gasteiger partial charge on any atom is 0.435 e. The van der Waals surface area contributed by atoms with E-state index < -0.39 is 172 Å². The van der Waals surface area contributed by atoms with Crippen molar-refractivity contribution in [2.24, 2.45) is 5.41 Å². The highest BCUT2D eigenvalue weighted by Gasteiger charge is 2.89. The Balaban J connectivity index is 4.20. The standard InChI is InChI=1S/C30H24F36O6/c1-14(2)4-10(71-12(6-67-15(19(31,32)33,20(34,35)36)21(37,38)39)7-68-16(22(40,41)42,23(43,44)45)24(46,47)48)3-11(5-14)72-13(8-69-17(25(49,50)51,26(52,53)54)27(55,56)57)9-70-18(28(58,59)60,29(61,62)63)30(64,65)66/h10-13H,3-9H2,1-2H3. The molecule has 42 heteroatoms. The first-order valence-electron chi connectivity index (χ1n) is 17.7. The Labute approximate surface area is 373 Å². The molecule has 1 aliphatic rings. The van der Waals surface area contributed by atoms with Gasteiger partial charge in [0.15, 0.2) is 0 Å². The molecule has 0 N–H and O–H groups in total. The van der Waals surface area contributed by atoms with Crippen molar-refractivity contribution in [3.8, 4) is 0 Å². The molecule has 0 bridgehead atoms. The molecule has 0 radical (unpaired) electrons. The molecule has 2 atom stereocenters. The van der Waals surface area contributed by atoms with E-state index >= 15 is 0 Å². The second kappa shape index (κ2) is 20.0. The highest BCUT2D eigenvalue weighted by molar-refractivity contribution is 5.06. The minimum atomic E-state index is -7.89. The van der Waals surface area contributed by atoms with E-state index in [1.807, 2.05) is 0 Å². The summed E-state index contributed by atoms with van der Waals surface area (Å²) in [5, 5.41) is 0. The van der Waals surface area contributed by atoms with E-state index in [9.17, 15) is 158 Å². The Kier molecular flexibility index (Phi) is 18.7. The summed E-state index contributed by atoms with van der Waals surface area (Å²) in [7, 11) is 0. The summed E-state index contributed by atoms with van der Waals surface area (Å²) in [6.45, 7) is -12.7. The molecular formula is C30H24F36O6. The predicted molar refractivity (Wildman–Crippen MR) is 152 cm³/mol. The fourth-order valence-corrected chi connectivity index (χ4v) is 6.56. The van der Waals surface area contributed by atoms with E-state index in [-0.39, 0.29) is 0 Å². The first-order chi connectivity index (χ1) is 31.0. The summed E-state index contributed by atoms with van der Waals surface area (Å²) in [5.41, 5.74) is -32.8. The number of ether oxygens (including phenoxy) is 6. The molecule has 1 saturated carbocycles. The quantitative estimate of drug-likeness (QED) is 0.144. The van der Waals surface area contributed by atoms with E-state index in [1.54, 1.807) is 0 Å². The minimum Gasteiger partial charge on any atom is -0.370 e. The predicted octanol–water partition coefficient (Wildman–Crippen LogP) is 13.5. The fourth-order valence-electron chi connectivity index (χ4n) is 6.56. The molecule has 0 amide bonds. The van der Waals surface area contributed by atoms with Gasteiger partial charge in [-0.1, -0.05) is 13.8 Å². The molecule has 1 rings (SSSR count). The molecule has 0 aromatic carbocycles. The summed E-state index contributed by atoms with van der Waals surface area (Å²) < 4.78 is 509. The molecule has 0 aromatic rings. The van der Waals surface area contributed by atoms with Gasteiger partial charge in [0.2, 0.25) is 0 Å². The normalized spacial score (nSPS) is 20.0. The second-order valence-electron chi connectivity index (χ2n) is 15.5. The van der Waals surface area contributed by atoms with Crippen LogP contribution in [0.15, 0.2) is 0 Å². The molecule has 72 heavy (non-hydrogen) atoms. The molecule has 0 saturated heterocycles. The van der Waals surface area contributed by atoms with E-state index in [4.69, 9.17) is 0 Å². The van der Waals surface area contributed by atoms with Crippen LogP contribution in [0.4, 0.5) is 158 Å². The molecule has 1 aliphatic carbocycles. The topological polar surface area (TPSA) is 55.4 Å². The molecule has 0 heterocycles. The van der Waals surface area contributed by atoms with Crippen molar-refractivity contribution in [3.63, 3.8) is 0 Å². The number of alkyl halides is 36. The first kappa shape index (κ1) is 67.3. The Hall–Kier alpha value is -2.76. The maximum atomic E-state index is 13.6. The molecule has 2 unspecified atom stereocenters. The lowest BCUT2D eigenvalue weighted by atomic mass is 9.74. The molecular weight excluding hydrogens is 1140 g/mol. The van der Waals surface area contributed by atoms with Crippen molar-refractivity contribution in [2.45, 2.75) is 154 Å². The van der Waals surface area contributed by atoms with Crippen molar-refractivity contribution in [1.29, 1.82) is 0 Å². The van der Waals surface area contributed by atoms with Gasteiger partial charge in [-0.25, -0.2) is 0 Å². The van der Waals surface area contributed by atoms with Crippen LogP contribution in [0, 0.1) is 5.41 Å². The third-order valence-electron chi connectivity index (χ3n) is 9.59. The van der Waals surface area contributed by atoms with Gasteiger partial charge in [0.1, 0.15) is 12.2 Å². The zero-order chi connectivity index (χ0) is 58.0. The van der Waals surface area contributed by atoms with Gasteiger partial charge in [-0.2, -0.15) is 158 Å². The fraction of sp³-hybridized carbons (Fsp3) is 1.00. The van der Waals surface area contributed by atoms with Gasteiger partial charge in [0.25, 0.3) is 0 Å². The summed E-state index contributed by atoms with van der Waals surface area (Å²) in [6, 6.07) is 0. The number of hydrogen-bond donors (Lipinski definition) is 0. The van der Waals surface area contributed by atoms with Crippen molar-refractivity contribution >= 4 is 0 Å². The van der Waals surface area contributed by atoms with Gasteiger partial charge in [-0.05, 0) is 24.7 Å². The lowest BCUT2D eigenvalue weighted by Crippen LogP contribution is -2.69. The molecule has 432 valence electrons. The van der Waals surface area contributed by atoms with Gasteiger partial charge in [0, 0.05) is 0 Å². The monoisotopic (exact) mass is 1160 g/mol. The Morgan fingerprint density at radius 2 is 0.431 bits per heavy atom. The van der Waals surface area contributed by atoms with Gasteiger partial charge in [-0.15, -0.1) is 0 Å². The van der Waals surface area contributed by atoms with E-state index in [2.05, 4.69) is 28.4 Å². The highest BCUT2D eigenvalue weighted by atomic mass is 19.5. The molecule has 0 aromatic heterocycles. The Morgan fingerprint density at radius 1 is 0.292 bits per heavy atom. The van der Waals surface area contributed by atoms with E-state index in [0.717, 1.165) is 0 Å². The van der Waals surface area contributed by atoms with Crippen LogP contribution in [0.1, 0.15) is 33.1 Å². The van der Waals surface area contributed by atoms with Crippen molar-refractivity contribution < 1.29 is 186 Å². The van der Waals surface area contributed by atoms with Crippen molar-refractivity contribution in [3.05, 3.63) is 0 Å². The van der Waals surface area contributed by atoms with Crippen LogP contribution >= 0.6 is 0 Å². The Bertz CT molecular complexity index is 1370. The average molecular weight is 1160 g/mol. The molecule has 6 nitrogen and oxygen atoms in total. The summed E-state index contributed by atoms with van der Waals surface area (Å²) >= 11 is 0. The van der Waals surface area contributed by atoms with E-state index in [0.29, 0.717) is 13.8 Å². The van der Waals surface area contributed by atoms with Gasteiger partial charge in [0.05, 0.1) is 38.6 Å². The smallest absolute Gasteiger partial charge is 0.370 e. The van der Waals surface area contributed by atoms with Crippen LogP contribution in [-0.4, -0.2) is 147 Å². The van der Waals surface area contributed by atoms with Gasteiger partial charge >= 0.3 is 96.5 Å².